The van der Waals surface area contributed by atoms with Gasteiger partial charge in [0.15, 0.2) is 0 Å². The molecule has 13 heavy (non-hydrogen) atoms. The Kier molecular flexibility index (Phi) is 2.00. The van der Waals surface area contributed by atoms with Crippen LogP contribution in [0, 0.1) is 6.92 Å². The molecule has 2 nitrogen and oxygen atoms in total. The zero-order valence-corrected chi connectivity index (χ0v) is 8.13. The van der Waals surface area contributed by atoms with Gasteiger partial charge in [0, 0.05) is 5.92 Å². The van der Waals surface area contributed by atoms with Crippen LogP contribution in [0.4, 0.5) is 0 Å². The summed E-state index contributed by atoms with van der Waals surface area (Å²) in [4.78, 5) is 0. The highest BCUT2D eigenvalue weighted by atomic mass is 16.5. The Hall–Kier alpha value is -1.02. The summed E-state index contributed by atoms with van der Waals surface area (Å²) in [5.74, 6) is 1.58. The van der Waals surface area contributed by atoms with Crippen molar-refractivity contribution in [2.24, 2.45) is 5.73 Å². The van der Waals surface area contributed by atoms with E-state index < -0.39 is 0 Å². The lowest BCUT2D eigenvalue weighted by molar-refractivity contribution is 0.409. The minimum absolute atomic E-state index is 0.583. The van der Waals surface area contributed by atoms with Crippen molar-refractivity contribution in [2.45, 2.75) is 19.3 Å². The molecule has 1 aromatic carbocycles. The molecular formula is C11H15NO. The molecule has 0 aliphatic heterocycles. The van der Waals surface area contributed by atoms with Gasteiger partial charge in [0.1, 0.15) is 5.75 Å². The van der Waals surface area contributed by atoms with Gasteiger partial charge in [-0.1, -0.05) is 6.07 Å². The van der Waals surface area contributed by atoms with Gasteiger partial charge in [-0.2, -0.15) is 0 Å². The van der Waals surface area contributed by atoms with Gasteiger partial charge in [-0.15, -0.1) is 0 Å². The second-order valence-corrected chi connectivity index (χ2v) is 3.66. The maximum Gasteiger partial charge on any atom is 0.122 e. The first-order valence-corrected chi connectivity index (χ1v) is 4.63. The molecule has 0 bridgehead atoms. The third-order valence-electron chi connectivity index (χ3n) is 2.85. The molecule has 70 valence electrons. The van der Waals surface area contributed by atoms with Crippen molar-refractivity contribution in [3.05, 3.63) is 28.8 Å². The van der Waals surface area contributed by atoms with Crippen LogP contribution < -0.4 is 10.5 Å². The zero-order chi connectivity index (χ0) is 9.42. The molecule has 2 heteroatoms. The minimum atomic E-state index is 0.583. The van der Waals surface area contributed by atoms with E-state index in [1.54, 1.807) is 7.11 Å². The normalized spacial score (nSPS) is 19.2. The van der Waals surface area contributed by atoms with E-state index >= 15 is 0 Å². The van der Waals surface area contributed by atoms with E-state index in [-0.39, 0.29) is 0 Å². The van der Waals surface area contributed by atoms with Gasteiger partial charge < -0.3 is 10.5 Å². The summed E-state index contributed by atoms with van der Waals surface area (Å²) < 4.78 is 5.25. The van der Waals surface area contributed by atoms with E-state index in [2.05, 4.69) is 19.1 Å². The molecule has 1 atom stereocenters. The van der Waals surface area contributed by atoms with Gasteiger partial charge in [0.2, 0.25) is 0 Å². The molecule has 1 aliphatic carbocycles. The van der Waals surface area contributed by atoms with E-state index in [9.17, 15) is 0 Å². The SMILES string of the molecule is COc1cc2c(cc1C)[C@@H](CN)C2. The number of ether oxygens (including phenoxy) is 1. The molecule has 0 saturated heterocycles. The maximum absolute atomic E-state index is 5.64. The van der Waals surface area contributed by atoms with Crippen molar-refractivity contribution in [2.75, 3.05) is 13.7 Å². The third-order valence-corrected chi connectivity index (χ3v) is 2.85. The van der Waals surface area contributed by atoms with Gasteiger partial charge >= 0.3 is 0 Å². The van der Waals surface area contributed by atoms with Gasteiger partial charge in [-0.25, -0.2) is 0 Å². The standard InChI is InChI=1S/C11H15NO/c1-7-3-10-8(4-9(10)6-12)5-11(7)13-2/h3,5,9H,4,6,12H2,1-2H3/t9-/m1/s1. The Balaban J connectivity index is 2.38. The monoisotopic (exact) mass is 177 g/mol. The van der Waals surface area contributed by atoms with Crippen LogP contribution in [0.15, 0.2) is 12.1 Å². The summed E-state index contributed by atoms with van der Waals surface area (Å²) >= 11 is 0. The number of fused-ring (bicyclic) bond motifs is 1. The molecule has 0 fully saturated rings. The van der Waals surface area contributed by atoms with Crippen LogP contribution in [0.2, 0.25) is 0 Å². The molecule has 2 N–H and O–H groups in total. The molecule has 1 aliphatic rings. The Morgan fingerprint density at radius 1 is 1.54 bits per heavy atom. The summed E-state index contributed by atoms with van der Waals surface area (Å²) in [6.45, 7) is 2.84. The summed E-state index contributed by atoms with van der Waals surface area (Å²) in [6, 6.07) is 4.34. The van der Waals surface area contributed by atoms with Crippen molar-refractivity contribution in [1.82, 2.24) is 0 Å². The lowest BCUT2D eigenvalue weighted by atomic mass is 9.77. The fraction of sp³-hybridized carbons (Fsp3) is 0.455. The van der Waals surface area contributed by atoms with Crippen LogP contribution in [0.1, 0.15) is 22.6 Å². The van der Waals surface area contributed by atoms with Crippen molar-refractivity contribution in [3.63, 3.8) is 0 Å². The summed E-state index contributed by atoms with van der Waals surface area (Å²) in [7, 11) is 1.72. The smallest absolute Gasteiger partial charge is 0.122 e. The topological polar surface area (TPSA) is 35.2 Å². The third kappa shape index (κ3) is 1.22. The fourth-order valence-electron chi connectivity index (χ4n) is 1.98. The highest BCUT2D eigenvalue weighted by Crippen LogP contribution is 2.38. The van der Waals surface area contributed by atoms with E-state index in [1.807, 2.05) is 0 Å². The van der Waals surface area contributed by atoms with Crippen molar-refractivity contribution >= 4 is 0 Å². The maximum atomic E-state index is 5.64. The Bertz CT molecular complexity index is 333. The predicted octanol–water partition coefficient (Wildman–Crippen LogP) is 1.60. The number of hydrogen-bond donors (Lipinski definition) is 1. The second kappa shape index (κ2) is 3.04. The molecule has 2 rings (SSSR count). The van der Waals surface area contributed by atoms with Gasteiger partial charge in [0.05, 0.1) is 7.11 Å². The number of aryl methyl sites for hydroxylation is 1. The van der Waals surface area contributed by atoms with Crippen molar-refractivity contribution < 1.29 is 4.74 Å². The molecular weight excluding hydrogens is 162 g/mol. The van der Waals surface area contributed by atoms with Crippen LogP contribution in [0.25, 0.3) is 0 Å². The zero-order valence-electron chi connectivity index (χ0n) is 8.13. The average molecular weight is 177 g/mol. The summed E-state index contributed by atoms with van der Waals surface area (Å²) in [5, 5.41) is 0. The second-order valence-electron chi connectivity index (χ2n) is 3.66. The van der Waals surface area contributed by atoms with Crippen LogP contribution >= 0.6 is 0 Å². The molecule has 0 amide bonds. The number of rotatable bonds is 2. The van der Waals surface area contributed by atoms with Crippen LogP contribution in [0.5, 0.6) is 5.75 Å². The lowest BCUT2D eigenvalue weighted by Gasteiger charge is -2.30. The van der Waals surface area contributed by atoms with Gasteiger partial charge in [-0.05, 0) is 42.6 Å². The highest BCUT2D eigenvalue weighted by Gasteiger charge is 2.25. The first-order valence-electron chi connectivity index (χ1n) is 4.63. The minimum Gasteiger partial charge on any atom is -0.496 e. The first kappa shape index (κ1) is 8.57. The van der Waals surface area contributed by atoms with E-state index in [1.165, 1.54) is 16.7 Å². The molecule has 0 radical (unpaired) electrons. The average Bonchev–Trinajstić information content (AvgIpc) is 2.12. The van der Waals surface area contributed by atoms with Crippen LogP contribution in [-0.2, 0) is 6.42 Å². The summed E-state index contributed by atoms with van der Waals surface area (Å²) in [6.07, 6.45) is 1.11. The molecule has 0 spiro atoms. The van der Waals surface area contributed by atoms with Gasteiger partial charge in [0.25, 0.3) is 0 Å². The lowest BCUT2D eigenvalue weighted by Crippen LogP contribution is -2.24. The fourth-order valence-corrected chi connectivity index (χ4v) is 1.98. The van der Waals surface area contributed by atoms with E-state index in [0.717, 1.165) is 18.7 Å². The molecule has 1 aromatic rings. The van der Waals surface area contributed by atoms with E-state index in [0.29, 0.717) is 5.92 Å². The van der Waals surface area contributed by atoms with Crippen LogP contribution in [0.3, 0.4) is 0 Å². The van der Waals surface area contributed by atoms with Crippen molar-refractivity contribution in [1.29, 1.82) is 0 Å². The Labute approximate surface area is 78.7 Å². The van der Waals surface area contributed by atoms with Crippen molar-refractivity contribution in [3.8, 4) is 5.75 Å². The summed E-state index contributed by atoms with van der Waals surface area (Å²) in [5.41, 5.74) is 9.66. The van der Waals surface area contributed by atoms with E-state index in [4.69, 9.17) is 10.5 Å². The molecule has 0 unspecified atom stereocenters. The highest BCUT2D eigenvalue weighted by molar-refractivity contribution is 5.49. The first-order chi connectivity index (χ1) is 6.26. The number of benzene rings is 1. The van der Waals surface area contributed by atoms with Gasteiger partial charge in [-0.3, -0.25) is 0 Å². The molecule has 0 saturated carbocycles. The molecule has 0 aromatic heterocycles. The predicted molar refractivity (Wildman–Crippen MR) is 53.2 cm³/mol. The Morgan fingerprint density at radius 2 is 2.31 bits per heavy atom. The number of methoxy groups -OCH3 is 1. The largest absolute Gasteiger partial charge is 0.496 e. The van der Waals surface area contributed by atoms with Crippen LogP contribution in [-0.4, -0.2) is 13.7 Å². The number of nitrogens with two attached hydrogens (primary N) is 1. The number of hydrogen-bond acceptors (Lipinski definition) is 2. The Morgan fingerprint density at radius 3 is 2.92 bits per heavy atom. The molecule has 0 heterocycles. The quantitative estimate of drug-likeness (QED) is 0.744.